The highest BCUT2D eigenvalue weighted by molar-refractivity contribution is 6.02. The third kappa shape index (κ3) is 3.41. The second kappa shape index (κ2) is 8.55. The summed E-state index contributed by atoms with van der Waals surface area (Å²) in [4.78, 5) is 24.1. The van der Waals surface area contributed by atoms with E-state index in [1.165, 1.54) is 7.11 Å². The number of benzene rings is 3. The van der Waals surface area contributed by atoms with Crippen LogP contribution in [-0.2, 0) is 20.9 Å². The standard InChI is InChI=1S/C26H24O5/c1-30-15-23-19(13-27)11-17-7-3-5-9-21(17)24(23)25-22-10-6-4-8-18(22)12-20(14-28)26(25,29)16-31-2/h3-14,20,29H,15-16H2,1-2H3. The summed E-state index contributed by atoms with van der Waals surface area (Å²) in [5.74, 6) is -0.814. The zero-order chi connectivity index (χ0) is 22.0. The fourth-order valence-electron chi connectivity index (χ4n) is 4.60. The van der Waals surface area contributed by atoms with Crippen LogP contribution >= 0.6 is 0 Å². The van der Waals surface area contributed by atoms with E-state index in [4.69, 9.17) is 9.47 Å². The molecule has 0 aliphatic heterocycles. The number of aliphatic hydroxyl groups is 1. The summed E-state index contributed by atoms with van der Waals surface area (Å²) in [6, 6.07) is 17.1. The molecule has 1 N–H and O–H groups in total. The van der Waals surface area contributed by atoms with Crippen LogP contribution in [0.2, 0.25) is 0 Å². The molecule has 3 aromatic carbocycles. The van der Waals surface area contributed by atoms with Crippen molar-refractivity contribution in [3.63, 3.8) is 0 Å². The molecule has 0 saturated heterocycles. The lowest BCUT2D eigenvalue weighted by Crippen LogP contribution is -2.52. The van der Waals surface area contributed by atoms with E-state index in [9.17, 15) is 14.7 Å². The average molecular weight is 416 g/mol. The van der Waals surface area contributed by atoms with Crippen molar-refractivity contribution in [3.05, 3.63) is 81.7 Å². The van der Waals surface area contributed by atoms with Crippen molar-refractivity contribution in [1.82, 2.24) is 0 Å². The third-order valence-electron chi connectivity index (χ3n) is 5.94. The monoisotopic (exact) mass is 416 g/mol. The number of fused-ring (bicyclic) bond motifs is 2. The van der Waals surface area contributed by atoms with E-state index >= 15 is 0 Å². The molecular formula is C26H24O5. The van der Waals surface area contributed by atoms with Crippen LogP contribution in [0.1, 0.15) is 21.5 Å². The van der Waals surface area contributed by atoms with Crippen molar-refractivity contribution in [3.8, 4) is 0 Å². The summed E-state index contributed by atoms with van der Waals surface area (Å²) in [7, 11) is 3.06. The third-order valence-corrected chi connectivity index (χ3v) is 5.94. The van der Waals surface area contributed by atoms with Crippen LogP contribution in [0.3, 0.4) is 0 Å². The number of methoxy groups -OCH3 is 2. The molecule has 31 heavy (non-hydrogen) atoms. The first-order valence-corrected chi connectivity index (χ1v) is 10.1. The molecule has 5 nitrogen and oxygen atoms in total. The Morgan fingerprint density at radius 2 is 1.77 bits per heavy atom. The van der Waals surface area contributed by atoms with E-state index in [1.807, 2.05) is 54.6 Å². The first-order valence-electron chi connectivity index (χ1n) is 10.1. The minimum Gasteiger partial charge on any atom is -0.382 e. The van der Waals surface area contributed by atoms with Crippen molar-refractivity contribution >= 4 is 35.0 Å². The molecule has 4 rings (SSSR count). The summed E-state index contributed by atoms with van der Waals surface area (Å²) >= 11 is 0. The molecular weight excluding hydrogens is 392 g/mol. The van der Waals surface area contributed by atoms with Gasteiger partial charge in [-0.3, -0.25) is 4.79 Å². The first-order chi connectivity index (χ1) is 15.1. The molecule has 0 spiro atoms. The molecule has 2 unspecified atom stereocenters. The molecule has 0 heterocycles. The molecule has 0 saturated carbocycles. The Morgan fingerprint density at radius 3 is 2.48 bits per heavy atom. The van der Waals surface area contributed by atoms with Gasteiger partial charge in [0.15, 0.2) is 0 Å². The summed E-state index contributed by atoms with van der Waals surface area (Å²) in [5, 5.41) is 15.3. The lowest BCUT2D eigenvalue weighted by Gasteiger charge is -2.37. The van der Waals surface area contributed by atoms with E-state index in [0.29, 0.717) is 22.3 Å². The zero-order valence-corrected chi connectivity index (χ0v) is 17.5. The van der Waals surface area contributed by atoms with Crippen LogP contribution in [0.25, 0.3) is 22.4 Å². The topological polar surface area (TPSA) is 72.8 Å². The minimum atomic E-state index is -1.61. The van der Waals surface area contributed by atoms with Crippen LogP contribution in [0.15, 0.2) is 54.6 Å². The fourth-order valence-corrected chi connectivity index (χ4v) is 4.60. The molecule has 5 heteroatoms. The van der Waals surface area contributed by atoms with Crippen molar-refractivity contribution in [1.29, 1.82) is 0 Å². The Kier molecular flexibility index (Phi) is 5.83. The summed E-state index contributed by atoms with van der Waals surface area (Å²) in [6.07, 6.45) is 3.32. The largest absolute Gasteiger partial charge is 0.382 e. The molecule has 0 fully saturated rings. The van der Waals surface area contributed by atoms with Crippen molar-refractivity contribution in [2.75, 3.05) is 20.8 Å². The molecule has 0 aromatic heterocycles. The highest BCUT2D eigenvalue weighted by atomic mass is 16.5. The average Bonchev–Trinajstić information content (AvgIpc) is 2.79. The van der Waals surface area contributed by atoms with E-state index < -0.39 is 11.5 Å². The van der Waals surface area contributed by atoms with Gasteiger partial charge in [0.25, 0.3) is 0 Å². The van der Waals surface area contributed by atoms with Crippen molar-refractivity contribution < 1.29 is 24.2 Å². The summed E-state index contributed by atoms with van der Waals surface area (Å²) in [5.41, 5.74) is 0.808. The van der Waals surface area contributed by atoms with Crippen molar-refractivity contribution in [2.45, 2.75) is 12.2 Å². The van der Waals surface area contributed by atoms with E-state index in [0.717, 1.165) is 33.8 Å². The van der Waals surface area contributed by atoms with Crippen molar-refractivity contribution in [2.24, 2.45) is 5.92 Å². The number of hydrogen-bond donors (Lipinski definition) is 1. The van der Waals surface area contributed by atoms with Gasteiger partial charge in [-0.2, -0.15) is 0 Å². The normalized spacial score (nSPS) is 20.2. The molecule has 0 radical (unpaired) electrons. The van der Waals surface area contributed by atoms with Crippen LogP contribution in [-0.4, -0.2) is 44.1 Å². The number of carbonyl (C=O) groups excluding carboxylic acids is 2. The molecule has 0 amide bonds. The smallest absolute Gasteiger partial charge is 0.150 e. The number of hydrogen-bond acceptors (Lipinski definition) is 5. The molecule has 0 bridgehead atoms. The molecule has 158 valence electrons. The summed E-state index contributed by atoms with van der Waals surface area (Å²) in [6.45, 7) is 0.0983. The van der Waals surface area contributed by atoms with Gasteiger partial charge in [-0.1, -0.05) is 54.6 Å². The second-order valence-electron chi connectivity index (χ2n) is 7.74. The molecule has 1 aliphatic rings. The fraction of sp³-hybridized carbons (Fsp3) is 0.231. The quantitative estimate of drug-likeness (QED) is 0.597. The van der Waals surface area contributed by atoms with Crippen LogP contribution < -0.4 is 10.4 Å². The second-order valence-corrected chi connectivity index (χ2v) is 7.74. The van der Waals surface area contributed by atoms with Gasteiger partial charge in [0.1, 0.15) is 18.2 Å². The van der Waals surface area contributed by atoms with Gasteiger partial charge in [-0.25, -0.2) is 0 Å². The van der Waals surface area contributed by atoms with Gasteiger partial charge >= 0.3 is 0 Å². The summed E-state index contributed by atoms with van der Waals surface area (Å²) < 4.78 is 10.9. The van der Waals surface area contributed by atoms with Crippen LogP contribution in [0.5, 0.6) is 0 Å². The number of aldehydes is 2. The highest BCUT2D eigenvalue weighted by Crippen LogP contribution is 2.40. The first kappa shape index (κ1) is 21.1. The Balaban J connectivity index is 2.27. The lowest BCUT2D eigenvalue weighted by molar-refractivity contribution is -0.115. The van der Waals surface area contributed by atoms with Crippen LogP contribution in [0, 0.1) is 5.92 Å². The molecule has 3 aromatic rings. The highest BCUT2D eigenvalue weighted by Gasteiger charge is 2.43. The minimum absolute atomic E-state index is 0.0807. The van der Waals surface area contributed by atoms with Gasteiger partial charge in [0.2, 0.25) is 0 Å². The predicted octanol–water partition coefficient (Wildman–Crippen LogP) is 1.98. The lowest BCUT2D eigenvalue weighted by atomic mass is 9.72. The van der Waals surface area contributed by atoms with E-state index in [1.54, 1.807) is 13.2 Å². The molecule has 1 aliphatic carbocycles. The van der Waals surface area contributed by atoms with Gasteiger partial charge < -0.3 is 19.4 Å². The van der Waals surface area contributed by atoms with Gasteiger partial charge in [0.05, 0.1) is 19.1 Å². The number of rotatable bonds is 7. The van der Waals surface area contributed by atoms with Crippen LogP contribution in [0.4, 0.5) is 0 Å². The number of ether oxygens (including phenoxy) is 2. The SMILES string of the molecule is COCc1c(C=O)cc2ccccc2c1C1=c2ccccc2=CC(C=O)C1(O)COC. The number of carbonyl (C=O) groups is 2. The van der Waals surface area contributed by atoms with Gasteiger partial charge in [0, 0.05) is 25.4 Å². The molecule has 2 atom stereocenters. The zero-order valence-electron chi connectivity index (χ0n) is 17.5. The van der Waals surface area contributed by atoms with E-state index in [2.05, 4.69) is 0 Å². The maximum absolute atomic E-state index is 12.1. The maximum atomic E-state index is 12.1. The Hall–Kier alpha value is -3.12. The van der Waals surface area contributed by atoms with E-state index in [-0.39, 0.29) is 13.2 Å². The Bertz CT molecular complexity index is 1280. The Morgan fingerprint density at radius 1 is 1.03 bits per heavy atom. The van der Waals surface area contributed by atoms with Gasteiger partial charge in [-0.05, 0) is 38.4 Å². The predicted molar refractivity (Wildman–Crippen MR) is 119 cm³/mol. The van der Waals surface area contributed by atoms with Gasteiger partial charge in [-0.15, -0.1) is 0 Å². The maximum Gasteiger partial charge on any atom is 0.150 e. The Labute approximate surface area is 180 Å².